The normalized spacial score (nSPS) is 15.8. The van der Waals surface area contributed by atoms with Gasteiger partial charge in [-0.25, -0.2) is 0 Å². The second kappa shape index (κ2) is 14.3. The van der Waals surface area contributed by atoms with E-state index in [1.807, 2.05) is 25.1 Å². The molecule has 0 saturated carbocycles. The number of nitrogens with one attached hydrogen (secondary N) is 1. The number of hydrogen-bond donors (Lipinski definition) is 3. The number of hydrogen-bond acceptors (Lipinski definition) is 4. The van der Waals surface area contributed by atoms with Crippen LogP contribution in [0.25, 0.3) is 0 Å². The summed E-state index contributed by atoms with van der Waals surface area (Å²) in [5.41, 5.74) is 5.91. The minimum absolute atomic E-state index is 0.0906. The van der Waals surface area contributed by atoms with Crippen molar-refractivity contribution in [2.45, 2.75) is 90.2 Å². The number of nitrogens with two attached hydrogens (primary N) is 1. The van der Waals surface area contributed by atoms with Crippen LogP contribution in [0, 0.1) is 11.8 Å². The average Bonchev–Trinajstić information content (AvgIpc) is 2.82. The van der Waals surface area contributed by atoms with Crippen LogP contribution in [0.1, 0.15) is 78.7 Å². The summed E-state index contributed by atoms with van der Waals surface area (Å²) in [5, 5.41) is 12.8. The molecule has 192 valence electrons. The summed E-state index contributed by atoms with van der Waals surface area (Å²) < 4.78 is 6.15. The number of allylic oxidation sites excluding steroid dienone is 2. The van der Waals surface area contributed by atoms with Gasteiger partial charge in [-0.3, -0.25) is 9.59 Å². The summed E-state index contributed by atoms with van der Waals surface area (Å²) in [7, 11) is 1.61. The van der Waals surface area contributed by atoms with Gasteiger partial charge in [-0.1, -0.05) is 70.2 Å². The van der Waals surface area contributed by atoms with Gasteiger partial charge in [0.1, 0.15) is 6.04 Å². The van der Waals surface area contributed by atoms with Crippen LogP contribution in [0.5, 0.6) is 0 Å². The van der Waals surface area contributed by atoms with Crippen molar-refractivity contribution < 1.29 is 19.4 Å². The van der Waals surface area contributed by atoms with Crippen molar-refractivity contribution in [2.75, 3.05) is 13.7 Å². The maximum absolute atomic E-state index is 12.6. The molecule has 2 unspecified atom stereocenters. The van der Waals surface area contributed by atoms with Gasteiger partial charge in [-0.05, 0) is 50.5 Å². The summed E-state index contributed by atoms with van der Waals surface area (Å²) in [4.78, 5) is 24.6. The molecule has 6 heteroatoms. The highest BCUT2D eigenvalue weighted by molar-refractivity contribution is 5.76. The number of carbonyl (C=O) groups excluding carboxylic acids is 1. The molecule has 3 atom stereocenters. The number of benzene rings is 1. The highest BCUT2D eigenvalue weighted by Crippen LogP contribution is 2.48. The van der Waals surface area contributed by atoms with Crippen LogP contribution >= 0.6 is 0 Å². The summed E-state index contributed by atoms with van der Waals surface area (Å²) in [6.45, 7) is 10.5. The van der Waals surface area contributed by atoms with Crippen molar-refractivity contribution in [3.63, 3.8) is 0 Å². The molecule has 34 heavy (non-hydrogen) atoms. The molecule has 0 fully saturated rings. The lowest BCUT2D eigenvalue weighted by Gasteiger charge is -2.52. The van der Waals surface area contributed by atoms with Gasteiger partial charge >= 0.3 is 5.97 Å². The molecule has 1 amide bonds. The second-order valence-corrected chi connectivity index (χ2v) is 9.66. The standard InChI is InChI=1S/C28H46N2O4/c1-7-28(8-2,22-17-13-11-14-18-22)27(5,34-6)23(25(29)26(32)33)20-30-24(31)19-15-10-9-12-16-21(3)4/h11-14,16-18,21,23,25H,7-10,15,19-20,29H2,1-6H3,(H,30,31)(H,32,33)/t23?,25-,27?/m0/s1. The molecule has 0 radical (unpaired) electrons. The van der Waals surface area contributed by atoms with Crippen LogP contribution in [0.15, 0.2) is 42.5 Å². The molecule has 0 heterocycles. The lowest BCUT2D eigenvalue weighted by molar-refractivity contribution is -0.151. The van der Waals surface area contributed by atoms with E-state index in [4.69, 9.17) is 10.5 Å². The lowest BCUT2D eigenvalue weighted by Crippen LogP contribution is -2.63. The van der Waals surface area contributed by atoms with Crippen LogP contribution in [0.2, 0.25) is 0 Å². The highest BCUT2D eigenvalue weighted by Gasteiger charge is 2.54. The molecule has 1 rings (SSSR count). The van der Waals surface area contributed by atoms with Crippen LogP contribution in [0.3, 0.4) is 0 Å². The molecule has 0 aromatic heterocycles. The molecular weight excluding hydrogens is 428 g/mol. The first-order chi connectivity index (χ1) is 16.1. The van der Waals surface area contributed by atoms with Crippen molar-refractivity contribution >= 4 is 11.9 Å². The molecule has 6 nitrogen and oxygen atoms in total. The van der Waals surface area contributed by atoms with Crippen LogP contribution in [-0.2, 0) is 19.7 Å². The van der Waals surface area contributed by atoms with Gasteiger partial charge in [-0.2, -0.15) is 0 Å². The van der Waals surface area contributed by atoms with E-state index in [9.17, 15) is 14.7 Å². The molecular formula is C28H46N2O4. The number of unbranched alkanes of at least 4 members (excludes halogenated alkanes) is 2. The maximum atomic E-state index is 12.6. The van der Waals surface area contributed by atoms with Crippen LogP contribution in [-0.4, -0.2) is 42.3 Å². The number of carboxylic acids is 1. The van der Waals surface area contributed by atoms with Gasteiger partial charge < -0.3 is 20.9 Å². The Kier molecular flexibility index (Phi) is 12.5. The third kappa shape index (κ3) is 7.41. The van der Waals surface area contributed by atoms with Crippen molar-refractivity contribution in [3.8, 4) is 0 Å². The predicted molar refractivity (Wildman–Crippen MR) is 139 cm³/mol. The molecule has 0 spiro atoms. The third-order valence-corrected chi connectivity index (χ3v) is 7.40. The van der Waals surface area contributed by atoms with Crippen LogP contribution < -0.4 is 11.1 Å². The number of ether oxygens (including phenoxy) is 1. The maximum Gasteiger partial charge on any atom is 0.320 e. The molecule has 1 aromatic rings. The third-order valence-electron chi connectivity index (χ3n) is 7.40. The number of methoxy groups -OCH3 is 1. The smallest absolute Gasteiger partial charge is 0.320 e. The lowest BCUT2D eigenvalue weighted by atomic mass is 9.58. The Labute approximate surface area is 206 Å². The zero-order chi connectivity index (χ0) is 25.8. The Morgan fingerprint density at radius 1 is 1.15 bits per heavy atom. The fourth-order valence-corrected chi connectivity index (χ4v) is 5.17. The van der Waals surface area contributed by atoms with E-state index in [0.29, 0.717) is 12.3 Å². The second-order valence-electron chi connectivity index (χ2n) is 9.66. The van der Waals surface area contributed by atoms with Crippen LogP contribution in [0.4, 0.5) is 0 Å². The predicted octanol–water partition coefficient (Wildman–Crippen LogP) is 5.07. The number of aliphatic carboxylic acids is 1. The summed E-state index contributed by atoms with van der Waals surface area (Å²) in [6.07, 6.45) is 8.87. The molecule has 0 aliphatic heterocycles. The quantitative estimate of drug-likeness (QED) is 0.229. The number of carbonyl (C=O) groups is 2. The van der Waals surface area contributed by atoms with E-state index in [0.717, 1.165) is 37.7 Å². The fourth-order valence-electron chi connectivity index (χ4n) is 5.17. The molecule has 0 aliphatic rings. The first-order valence-corrected chi connectivity index (χ1v) is 12.6. The van der Waals surface area contributed by atoms with Crippen molar-refractivity contribution in [2.24, 2.45) is 17.6 Å². The van der Waals surface area contributed by atoms with Crippen molar-refractivity contribution in [1.29, 1.82) is 0 Å². The van der Waals surface area contributed by atoms with Gasteiger partial charge in [0.05, 0.1) is 5.60 Å². The molecule has 4 N–H and O–H groups in total. The zero-order valence-corrected chi connectivity index (χ0v) is 22.0. The average molecular weight is 475 g/mol. The molecule has 0 bridgehead atoms. The number of amides is 1. The van der Waals surface area contributed by atoms with Gasteiger partial charge in [0, 0.05) is 31.4 Å². The zero-order valence-electron chi connectivity index (χ0n) is 22.0. The Balaban J connectivity index is 3.08. The minimum Gasteiger partial charge on any atom is -0.480 e. The Morgan fingerprint density at radius 3 is 2.26 bits per heavy atom. The Hall–Kier alpha value is -2.18. The first-order valence-electron chi connectivity index (χ1n) is 12.6. The Morgan fingerprint density at radius 2 is 1.76 bits per heavy atom. The van der Waals surface area contributed by atoms with Gasteiger partial charge in [0.2, 0.25) is 5.91 Å². The van der Waals surface area contributed by atoms with E-state index in [-0.39, 0.29) is 12.5 Å². The summed E-state index contributed by atoms with van der Waals surface area (Å²) in [5.74, 6) is -1.29. The topological polar surface area (TPSA) is 102 Å². The highest BCUT2D eigenvalue weighted by atomic mass is 16.5. The fraction of sp³-hybridized carbons (Fsp3) is 0.643. The van der Waals surface area contributed by atoms with Gasteiger partial charge in [0.25, 0.3) is 0 Å². The molecule has 1 aromatic carbocycles. The van der Waals surface area contributed by atoms with Crippen molar-refractivity contribution in [1.82, 2.24) is 5.32 Å². The van der Waals surface area contributed by atoms with E-state index < -0.39 is 28.9 Å². The van der Waals surface area contributed by atoms with Gasteiger partial charge in [-0.15, -0.1) is 0 Å². The van der Waals surface area contributed by atoms with E-state index >= 15 is 0 Å². The molecule has 0 saturated heterocycles. The van der Waals surface area contributed by atoms with E-state index in [1.54, 1.807) is 7.11 Å². The first kappa shape index (κ1) is 29.9. The Bertz CT molecular complexity index is 774. The SMILES string of the molecule is CCC(CC)(c1ccccc1)C(C)(OC)C(CNC(=O)CCCCC=CC(C)C)[C@H](N)C(=O)O. The minimum atomic E-state index is -1.19. The molecule has 0 aliphatic carbocycles. The van der Waals surface area contributed by atoms with Gasteiger partial charge in [0.15, 0.2) is 0 Å². The number of rotatable bonds is 16. The van der Waals surface area contributed by atoms with E-state index in [1.165, 1.54) is 0 Å². The summed E-state index contributed by atoms with van der Waals surface area (Å²) >= 11 is 0. The van der Waals surface area contributed by atoms with E-state index in [2.05, 4.69) is 57.3 Å². The monoisotopic (exact) mass is 474 g/mol. The number of carboxylic acid groups (broad SMARTS) is 1. The van der Waals surface area contributed by atoms with Crippen molar-refractivity contribution in [3.05, 3.63) is 48.0 Å². The largest absolute Gasteiger partial charge is 0.480 e. The summed E-state index contributed by atoms with van der Waals surface area (Å²) in [6, 6.07) is 8.85.